The fourth-order valence-corrected chi connectivity index (χ4v) is 3.17. The third-order valence-electron chi connectivity index (χ3n) is 3.81. The molecule has 1 atom stereocenters. The molecule has 0 saturated carbocycles. The predicted molar refractivity (Wildman–Crippen MR) is 98.1 cm³/mol. The molecule has 0 bridgehead atoms. The molecule has 4 nitrogen and oxygen atoms in total. The van der Waals surface area contributed by atoms with Crippen LogP contribution in [0.25, 0.3) is 6.08 Å². The molecule has 2 aromatic rings. The van der Waals surface area contributed by atoms with E-state index in [1.54, 1.807) is 13.2 Å². The van der Waals surface area contributed by atoms with Crippen molar-refractivity contribution in [2.45, 2.75) is 20.0 Å². The Kier molecular flexibility index (Phi) is 6.31. The van der Waals surface area contributed by atoms with Gasteiger partial charge < -0.3 is 4.74 Å². The van der Waals surface area contributed by atoms with Gasteiger partial charge in [-0.15, -0.1) is 0 Å². The average molecular weight is 345 g/mol. The normalized spacial score (nSPS) is 13.3. The van der Waals surface area contributed by atoms with Gasteiger partial charge in [0, 0.05) is 19.1 Å². The highest BCUT2D eigenvalue weighted by atomic mass is 32.2. The van der Waals surface area contributed by atoms with E-state index >= 15 is 0 Å². The number of rotatable bonds is 7. The van der Waals surface area contributed by atoms with Gasteiger partial charge in [-0.3, -0.25) is 0 Å². The van der Waals surface area contributed by atoms with Crippen molar-refractivity contribution < 1.29 is 13.2 Å². The van der Waals surface area contributed by atoms with Crippen LogP contribution >= 0.6 is 0 Å². The second kappa shape index (κ2) is 8.24. The molecule has 2 rings (SSSR count). The SMILES string of the molecule is COC(CNS(=O)(=O)C=Cc1ccc(C)cc1)c1ccccc1C. The van der Waals surface area contributed by atoms with Gasteiger partial charge in [0.05, 0.1) is 6.10 Å². The van der Waals surface area contributed by atoms with Crippen LogP contribution in [0.5, 0.6) is 0 Å². The van der Waals surface area contributed by atoms with E-state index < -0.39 is 10.0 Å². The molecule has 0 saturated heterocycles. The second-order valence-corrected chi connectivity index (χ2v) is 7.34. The third-order valence-corrected chi connectivity index (χ3v) is 4.87. The molecular weight excluding hydrogens is 322 g/mol. The molecule has 128 valence electrons. The van der Waals surface area contributed by atoms with Crippen LogP contribution in [0.15, 0.2) is 53.9 Å². The summed E-state index contributed by atoms with van der Waals surface area (Å²) in [6.45, 7) is 4.15. The number of hydrogen-bond donors (Lipinski definition) is 1. The van der Waals surface area contributed by atoms with Crippen LogP contribution in [0.4, 0.5) is 0 Å². The summed E-state index contributed by atoms with van der Waals surface area (Å²) < 4.78 is 32.3. The second-order valence-electron chi connectivity index (χ2n) is 5.69. The smallest absolute Gasteiger partial charge is 0.233 e. The van der Waals surface area contributed by atoms with Crippen LogP contribution in [0.1, 0.15) is 28.4 Å². The zero-order valence-electron chi connectivity index (χ0n) is 14.2. The van der Waals surface area contributed by atoms with E-state index in [1.165, 1.54) is 5.41 Å². The summed E-state index contributed by atoms with van der Waals surface area (Å²) in [6, 6.07) is 15.4. The number of hydrogen-bond acceptors (Lipinski definition) is 3. The lowest BCUT2D eigenvalue weighted by atomic mass is 10.0. The van der Waals surface area contributed by atoms with Gasteiger partial charge in [-0.25, -0.2) is 13.1 Å². The first-order valence-corrected chi connectivity index (χ1v) is 9.28. The molecule has 1 N–H and O–H groups in total. The van der Waals surface area contributed by atoms with Crippen molar-refractivity contribution >= 4 is 16.1 Å². The summed E-state index contributed by atoms with van der Waals surface area (Å²) in [6.07, 6.45) is 1.26. The van der Waals surface area contributed by atoms with E-state index in [2.05, 4.69) is 4.72 Å². The first-order chi connectivity index (χ1) is 11.4. The molecule has 0 aliphatic rings. The van der Waals surface area contributed by atoms with Gasteiger partial charge in [0.25, 0.3) is 0 Å². The molecule has 0 radical (unpaired) electrons. The monoisotopic (exact) mass is 345 g/mol. The Bertz CT molecular complexity index is 796. The van der Waals surface area contributed by atoms with Crippen molar-refractivity contribution in [3.63, 3.8) is 0 Å². The Labute approximate surface area is 144 Å². The molecule has 24 heavy (non-hydrogen) atoms. The number of ether oxygens (including phenoxy) is 1. The van der Waals surface area contributed by atoms with Gasteiger partial charge in [-0.2, -0.15) is 0 Å². The van der Waals surface area contributed by atoms with Gasteiger partial charge in [0.1, 0.15) is 0 Å². The highest BCUT2D eigenvalue weighted by Gasteiger charge is 2.15. The van der Waals surface area contributed by atoms with Gasteiger partial charge in [0.15, 0.2) is 0 Å². The number of methoxy groups -OCH3 is 1. The van der Waals surface area contributed by atoms with E-state index in [1.807, 2.05) is 62.4 Å². The summed E-state index contributed by atoms with van der Waals surface area (Å²) in [4.78, 5) is 0. The highest BCUT2D eigenvalue weighted by molar-refractivity contribution is 7.92. The van der Waals surface area contributed by atoms with E-state index in [0.29, 0.717) is 0 Å². The van der Waals surface area contributed by atoms with Gasteiger partial charge in [-0.05, 0) is 36.6 Å². The molecular formula is C19H23NO3S. The molecule has 2 aromatic carbocycles. The maximum Gasteiger partial charge on any atom is 0.233 e. The third kappa shape index (κ3) is 5.30. The first-order valence-electron chi connectivity index (χ1n) is 7.74. The van der Waals surface area contributed by atoms with Gasteiger partial charge >= 0.3 is 0 Å². The minimum absolute atomic E-state index is 0.182. The topological polar surface area (TPSA) is 55.4 Å². The molecule has 0 spiro atoms. The van der Waals surface area contributed by atoms with Crippen molar-refractivity contribution in [2.24, 2.45) is 0 Å². The summed E-state index contributed by atoms with van der Waals surface area (Å²) in [5, 5.41) is 1.18. The molecule has 0 aliphatic carbocycles. The van der Waals surface area contributed by atoms with Crippen LogP contribution in [0.2, 0.25) is 0 Å². The number of nitrogens with one attached hydrogen (secondary N) is 1. The van der Waals surface area contributed by atoms with Crippen LogP contribution < -0.4 is 4.72 Å². The quantitative estimate of drug-likeness (QED) is 0.834. The molecule has 0 fully saturated rings. The van der Waals surface area contributed by atoms with Crippen molar-refractivity contribution in [2.75, 3.05) is 13.7 Å². The Balaban J connectivity index is 2.03. The largest absolute Gasteiger partial charge is 0.375 e. The Morgan fingerprint density at radius 1 is 1.08 bits per heavy atom. The fourth-order valence-electron chi connectivity index (χ4n) is 2.35. The van der Waals surface area contributed by atoms with E-state index in [4.69, 9.17) is 4.74 Å². The van der Waals surface area contributed by atoms with Crippen LogP contribution in [0.3, 0.4) is 0 Å². The minimum Gasteiger partial charge on any atom is -0.375 e. The lowest BCUT2D eigenvalue weighted by Gasteiger charge is -2.18. The molecule has 5 heteroatoms. The van der Waals surface area contributed by atoms with E-state index in [-0.39, 0.29) is 12.6 Å². The van der Waals surface area contributed by atoms with Crippen molar-refractivity contribution in [1.82, 2.24) is 4.72 Å². The maximum atomic E-state index is 12.2. The minimum atomic E-state index is -3.53. The Hall–Kier alpha value is -1.95. The number of benzene rings is 2. The number of aryl methyl sites for hydroxylation is 2. The molecule has 0 amide bonds. The van der Waals surface area contributed by atoms with Gasteiger partial charge in [-0.1, -0.05) is 54.1 Å². The van der Waals surface area contributed by atoms with Crippen molar-refractivity contribution in [3.05, 3.63) is 76.2 Å². The summed E-state index contributed by atoms with van der Waals surface area (Å²) >= 11 is 0. The standard InChI is InChI=1S/C19H23NO3S/c1-15-8-10-17(11-9-15)12-13-24(21,22)20-14-19(23-3)18-7-5-4-6-16(18)2/h4-13,19-20H,14H2,1-3H3. The first kappa shape index (κ1) is 18.4. The lowest BCUT2D eigenvalue weighted by molar-refractivity contribution is 0.107. The van der Waals surface area contributed by atoms with E-state index in [0.717, 1.165) is 22.3 Å². The van der Waals surface area contributed by atoms with Gasteiger partial charge in [0.2, 0.25) is 10.0 Å². The molecule has 0 heterocycles. The summed E-state index contributed by atoms with van der Waals surface area (Å²) in [5.41, 5.74) is 4.02. The van der Waals surface area contributed by atoms with Crippen molar-refractivity contribution in [1.29, 1.82) is 0 Å². The average Bonchev–Trinajstić information content (AvgIpc) is 2.56. The van der Waals surface area contributed by atoms with E-state index in [9.17, 15) is 8.42 Å². The molecule has 1 unspecified atom stereocenters. The number of sulfonamides is 1. The molecule has 0 aliphatic heterocycles. The highest BCUT2D eigenvalue weighted by Crippen LogP contribution is 2.20. The lowest BCUT2D eigenvalue weighted by Crippen LogP contribution is -2.27. The van der Waals surface area contributed by atoms with Crippen LogP contribution in [0, 0.1) is 13.8 Å². The van der Waals surface area contributed by atoms with Crippen LogP contribution in [-0.4, -0.2) is 22.1 Å². The Morgan fingerprint density at radius 2 is 1.75 bits per heavy atom. The summed E-state index contributed by atoms with van der Waals surface area (Å²) in [7, 11) is -1.95. The predicted octanol–water partition coefficient (Wildman–Crippen LogP) is 3.58. The maximum absolute atomic E-state index is 12.2. The summed E-state index contributed by atoms with van der Waals surface area (Å²) in [5.74, 6) is 0. The van der Waals surface area contributed by atoms with Crippen molar-refractivity contribution in [3.8, 4) is 0 Å². The zero-order valence-corrected chi connectivity index (χ0v) is 15.0. The Morgan fingerprint density at radius 3 is 2.38 bits per heavy atom. The van der Waals surface area contributed by atoms with Crippen LogP contribution in [-0.2, 0) is 14.8 Å². The zero-order chi connectivity index (χ0) is 17.6. The molecule has 0 aromatic heterocycles. The fraction of sp³-hybridized carbons (Fsp3) is 0.263.